The molecule has 0 unspecified atom stereocenters. The molecule has 39 heavy (non-hydrogen) atoms. The molecule has 2 heterocycles. The Labute approximate surface area is 243 Å². The van der Waals surface area contributed by atoms with Gasteiger partial charge in [0.1, 0.15) is 5.75 Å². The molecule has 1 N–H and O–H groups in total. The number of benzene rings is 3. The highest BCUT2D eigenvalue weighted by Crippen LogP contribution is 2.31. The zero-order chi connectivity index (χ0) is 27.7. The largest absolute Gasteiger partial charge is 0.490 e. The van der Waals surface area contributed by atoms with Gasteiger partial charge in [0.05, 0.1) is 27.9 Å². The van der Waals surface area contributed by atoms with Crippen LogP contribution in [0.1, 0.15) is 37.9 Å². The van der Waals surface area contributed by atoms with Crippen LogP contribution in [0.5, 0.6) is 5.75 Å². The molecular formula is C30H25BrClN3O3S. The fourth-order valence-corrected chi connectivity index (χ4v) is 5.97. The first kappa shape index (κ1) is 27.1. The van der Waals surface area contributed by atoms with E-state index in [1.165, 1.54) is 11.3 Å². The molecule has 0 saturated heterocycles. The third-order valence-corrected chi connectivity index (χ3v) is 7.83. The summed E-state index contributed by atoms with van der Waals surface area (Å²) in [5, 5.41) is 3.52. The summed E-state index contributed by atoms with van der Waals surface area (Å²) < 4.78 is 8.93. The van der Waals surface area contributed by atoms with E-state index >= 15 is 0 Å². The number of carbonyl (C=O) groups is 1. The van der Waals surface area contributed by atoms with Crippen LogP contribution < -0.4 is 24.9 Å². The number of nitrogens with one attached hydrogen (secondary N) is 1. The lowest BCUT2D eigenvalue weighted by atomic mass is 9.95. The Morgan fingerprint density at radius 3 is 2.54 bits per heavy atom. The van der Waals surface area contributed by atoms with Gasteiger partial charge < -0.3 is 10.1 Å². The average molecular weight is 623 g/mol. The number of ether oxygens (including phenoxy) is 1. The van der Waals surface area contributed by atoms with Crippen LogP contribution in [0, 0.1) is 0 Å². The normalized spacial score (nSPS) is 15.2. The number of thiazole rings is 1. The van der Waals surface area contributed by atoms with E-state index in [2.05, 4.69) is 21.2 Å². The van der Waals surface area contributed by atoms with Crippen molar-refractivity contribution in [2.75, 3.05) is 5.32 Å². The molecule has 6 nitrogen and oxygen atoms in total. The van der Waals surface area contributed by atoms with E-state index in [-0.39, 0.29) is 17.6 Å². The first-order valence-corrected chi connectivity index (χ1v) is 14.3. The Hall–Kier alpha value is -3.46. The minimum Gasteiger partial charge on any atom is -0.490 e. The average Bonchev–Trinajstić information content (AvgIpc) is 3.20. The van der Waals surface area contributed by atoms with Gasteiger partial charge in [-0.25, -0.2) is 4.99 Å². The van der Waals surface area contributed by atoms with E-state index in [0.717, 1.165) is 15.6 Å². The second-order valence-electron chi connectivity index (χ2n) is 9.30. The first-order valence-electron chi connectivity index (χ1n) is 12.3. The zero-order valence-electron chi connectivity index (χ0n) is 21.4. The summed E-state index contributed by atoms with van der Waals surface area (Å²) in [6, 6.07) is 21.4. The summed E-state index contributed by atoms with van der Waals surface area (Å²) in [5.74, 6) is 0.351. The molecule has 1 aliphatic rings. The highest BCUT2D eigenvalue weighted by Gasteiger charge is 2.32. The summed E-state index contributed by atoms with van der Waals surface area (Å²) in [4.78, 5) is 32.8. The van der Waals surface area contributed by atoms with Crippen molar-refractivity contribution in [3.63, 3.8) is 0 Å². The second-order valence-corrected chi connectivity index (χ2v) is 11.7. The fourth-order valence-electron chi connectivity index (χ4n) is 4.43. The molecule has 0 fully saturated rings. The van der Waals surface area contributed by atoms with Crippen molar-refractivity contribution in [1.82, 2.24) is 4.57 Å². The summed E-state index contributed by atoms with van der Waals surface area (Å²) >= 11 is 11.0. The number of hydrogen-bond acceptors (Lipinski definition) is 5. The van der Waals surface area contributed by atoms with Crippen LogP contribution >= 0.6 is 38.9 Å². The van der Waals surface area contributed by atoms with Gasteiger partial charge in [0, 0.05) is 20.7 Å². The van der Waals surface area contributed by atoms with Crippen LogP contribution in [-0.2, 0) is 4.79 Å². The van der Waals surface area contributed by atoms with Gasteiger partial charge >= 0.3 is 0 Å². The maximum absolute atomic E-state index is 14.0. The second kappa shape index (κ2) is 11.3. The van der Waals surface area contributed by atoms with Crippen molar-refractivity contribution in [1.29, 1.82) is 0 Å². The molecule has 0 aliphatic carbocycles. The van der Waals surface area contributed by atoms with Gasteiger partial charge in [-0.2, -0.15) is 0 Å². The number of anilines is 1. The van der Waals surface area contributed by atoms with Gasteiger partial charge in [-0.3, -0.25) is 14.2 Å². The van der Waals surface area contributed by atoms with Crippen LogP contribution in [0.25, 0.3) is 6.08 Å². The van der Waals surface area contributed by atoms with Crippen LogP contribution in [0.15, 0.2) is 98.3 Å². The lowest BCUT2D eigenvalue weighted by molar-refractivity contribution is -0.113. The van der Waals surface area contributed by atoms with Gasteiger partial charge in [0.2, 0.25) is 0 Å². The van der Waals surface area contributed by atoms with E-state index in [4.69, 9.17) is 21.3 Å². The fraction of sp³-hybridized carbons (Fsp3) is 0.167. The molecule has 4 aromatic rings. The number of carbonyl (C=O) groups excluding carboxylic acids is 1. The summed E-state index contributed by atoms with van der Waals surface area (Å²) in [7, 11) is 0. The van der Waals surface area contributed by atoms with Gasteiger partial charge in [0.15, 0.2) is 4.80 Å². The van der Waals surface area contributed by atoms with Crippen LogP contribution in [0.2, 0.25) is 5.02 Å². The topological polar surface area (TPSA) is 72.7 Å². The highest BCUT2D eigenvalue weighted by atomic mass is 79.9. The van der Waals surface area contributed by atoms with E-state index in [1.807, 2.05) is 80.6 Å². The van der Waals surface area contributed by atoms with Crippen molar-refractivity contribution in [2.45, 2.75) is 32.9 Å². The zero-order valence-corrected chi connectivity index (χ0v) is 24.6. The van der Waals surface area contributed by atoms with Crippen LogP contribution in [0.3, 0.4) is 0 Å². The van der Waals surface area contributed by atoms with E-state index in [1.54, 1.807) is 23.6 Å². The third-order valence-electron chi connectivity index (χ3n) is 6.10. The number of halogens is 2. The monoisotopic (exact) mass is 621 g/mol. The number of amides is 1. The van der Waals surface area contributed by atoms with Gasteiger partial charge in [-0.05, 0) is 74.9 Å². The molecular weight excluding hydrogens is 598 g/mol. The minimum atomic E-state index is -0.682. The van der Waals surface area contributed by atoms with Crippen LogP contribution in [-0.4, -0.2) is 16.6 Å². The van der Waals surface area contributed by atoms with E-state index < -0.39 is 6.04 Å². The molecule has 3 aromatic carbocycles. The molecule has 0 bridgehead atoms. The number of hydrogen-bond donors (Lipinski definition) is 1. The highest BCUT2D eigenvalue weighted by molar-refractivity contribution is 9.10. The molecule has 5 rings (SSSR count). The Morgan fingerprint density at radius 1 is 1.13 bits per heavy atom. The number of fused-ring (bicyclic) bond motifs is 1. The number of allylic oxidation sites excluding steroid dienone is 1. The minimum absolute atomic E-state index is 0.0298. The molecule has 0 radical (unpaired) electrons. The Morgan fingerprint density at radius 2 is 1.85 bits per heavy atom. The molecule has 0 spiro atoms. The predicted molar refractivity (Wildman–Crippen MR) is 160 cm³/mol. The Bertz CT molecular complexity index is 1760. The molecule has 1 aromatic heterocycles. The van der Waals surface area contributed by atoms with E-state index in [9.17, 15) is 9.59 Å². The lowest BCUT2D eigenvalue weighted by Crippen LogP contribution is -2.40. The SMILES string of the molecule is CC1=C(C(=O)Nc2ccccc2)[C@@H](c2ccc(Cl)cc2)n2c(s/c(=C/c3cc(Br)ccc3OC(C)C)c2=O)=N1. The van der Waals surface area contributed by atoms with Crippen molar-refractivity contribution in [3.05, 3.63) is 124 Å². The number of rotatable bonds is 6. The molecule has 9 heteroatoms. The molecule has 198 valence electrons. The summed E-state index contributed by atoms with van der Waals surface area (Å²) in [6.07, 6.45) is 1.78. The lowest BCUT2D eigenvalue weighted by Gasteiger charge is -2.25. The molecule has 1 amide bonds. The first-order chi connectivity index (χ1) is 18.7. The predicted octanol–water partition coefficient (Wildman–Crippen LogP) is 6.08. The maximum Gasteiger partial charge on any atom is 0.271 e. The number of nitrogens with zero attached hydrogens (tertiary/aromatic N) is 2. The van der Waals surface area contributed by atoms with Crippen molar-refractivity contribution < 1.29 is 9.53 Å². The molecule has 1 atom stereocenters. The van der Waals surface area contributed by atoms with Gasteiger partial charge in [0.25, 0.3) is 11.5 Å². The molecule has 0 saturated carbocycles. The smallest absolute Gasteiger partial charge is 0.271 e. The van der Waals surface area contributed by atoms with Gasteiger partial charge in [-0.15, -0.1) is 0 Å². The third kappa shape index (κ3) is 5.78. The summed E-state index contributed by atoms with van der Waals surface area (Å²) in [6.45, 7) is 5.70. The maximum atomic E-state index is 14.0. The summed E-state index contributed by atoms with van der Waals surface area (Å²) in [5.41, 5.74) is 2.87. The van der Waals surface area contributed by atoms with Crippen molar-refractivity contribution >= 4 is 56.5 Å². The van der Waals surface area contributed by atoms with Crippen molar-refractivity contribution in [2.24, 2.45) is 4.99 Å². The number of para-hydroxylation sites is 1. The van der Waals surface area contributed by atoms with Gasteiger partial charge in [-0.1, -0.05) is 69.2 Å². The van der Waals surface area contributed by atoms with Crippen molar-refractivity contribution in [3.8, 4) is 5.75 Å². The number of aromatic nitrogens is 1. The Balaban J connectivity index is 1.68. The van der Waals surface area contributed by atoms with Crippen LogP contribution in [0.4, 0.5) is 5.69 Å². The standard InChI is InChI=1S/C30H25BrClN3O3S/c1-17(2)38-24-14-11-21(31)15-20(24)16-25-29(37)35-27(19-9-12-22(32)13-10-19)26(18(3)33-30(35)39-25)28(36)34-23-7-5-4-6-8-23/h4-17,27H,1-3H3,(H,34,36)/b25-16+/t27-/m1/s1. The molecule has 1 aliphatic heterocycles. The van der Waals surface area contributed by atoms with E-state index in [0.29, 0.717) is 37.1 Å². The quantitative estimate of drug-likeness (QED) is 0.284. The Kier molecular flexibility index (Phi) is 7.88.